The first kappa shape index (κ1) is 23.4. The molecule has 164 valence electrons. The maximum atomic E-state index is 13.2. The molecular weight excluding hydrogens is 446 g/mol. The molecule has 32 heavy (non-hydrogen) atoms. The third-order valence-corrected chi connectivity index (χ3v) is 5.44. The number of amidine groups is 1. The number of halogens is 1. The van der Waals surface area contributed by atoms with Crippen LogP contribution in [0.1, 0.15) is 27.0 Å². The van der Waals surface area contributed by atoms with Crippen LogP contribution < -0.4 is 11.1 Å². The predicted octanol–water partition coefficient (Wildman–Crippen LogP) is 5.45. The van der Waals surface area contributed by atoms with Crippen molar-refractivity contribution in [3.05, 3.63) is 94.0 Å². The Bertz CT molecular complexity index is 1160. The number of aliphatic imine (C=N–C) groups is 1. The molecule has 0 aliphatic carbocycles. The SMILES string of the molecule is COC(=O)NC(=Nc1ccc(C(=O)c2ccc(Cl)cc2)c(Cc2cccc(N)c2)c1)SC. The summed E-state index contributed by atoms with van der Waals surface area (Å²) in [5.74, 6) is -0.117. The molecule has 3 N–H and O–H groups in total. The summed E-state index contributed by atoms with van der Waals surface area (Å²) in [4.78, 5) is 29.3. The van der Waals surface area contributed by atoms with E-state index in [0.29, 0.717) is 39.1 Å². The molecule has 8 heteroatoms. The van der Waals surface area contributed by atoms with Crippen LogP contribution in [0.15, 0.2) is 71.7 Å². The number of amides is 1. The normalized spacial score (nSPS) is 11.2. The quantitative estimate of drug-likeness (QED) is 0.225. The number of alkyl carbamates (subject to hydrolysis) is 1. The van der Waals surface area contributed by atoms with Crippen LogP contribution in [0.5, 0.6) is 0 Å². The molecule has 0 unspecified atom stereocenters. The lowest BCUT2D eigenvalue weighted by molar-refractivity contribution is 0.103. The molecule has 0 saturated carbocycles. The molecule has 0 heterocycles. The van der Waals surface area contributed by atoms with E-state index in [0.717, 1.165) is 11.1 Å². The van der Waals surface area contributed by atoms with Gasteiger partial charge in [0, 0.05) is 21.8 Å². The number of nitrogens with zero attached hydrogens (tertiary/aromatic N) is 1. The number of ether oxygens (including phenoxy) is 1. The second kappa shape index (κ2) is 10.8. The average molecular weight is 468 g/mol. The van der Waals surface area contributed by atoms with Crippen LogP contribution in [-0.4, -0.2) is 30.4 Å². The lowest BCUT2D eigenvalue weighted by Gasteiger charge is -2.12. The number of nitrogens with one attached hydrogen (secondary N) is 1. The van der Waals surface area contributed by atoms with Gasteiger partial charge >= 0.3 is 6.09 Å². The molecule has 3 rings (SSSR count). The highest BCUT2D eigenvalue weighted by Gasteiger charge is 2.16. The van der Waals surface area contributed by atoms with E-state index >= 15 is 0 Å². The molecule has 0 aliphatic heterocycles. The third kappa shape index (κ3) is 6.12. The summed E-state index contributed by atoms with van der Waals surface area (Å²) in [6.45, 7) is 0. The van der Waals surface area contributed by atoms with E-state index in [-0.39, 0.29) is 5.78 Å². The first-order valence-electron chi connectivity index (χ1n) is 9.65. The highest BCUT2D eigenvalue weighted by molar-refractivity contribution is 8.13. The van der Waals surface area contributed by atoms with Crippen LogP contribution in [0.25, 0.3) is 0 Å². The molecule has 0 aliphatic rings. The molecule has 6 nitrogen and oxygen atoms in total. The molecule has 0 aromatic heterocycles. The van der Waals surface area contributed by atoms with Gasteiger partial charge in [0.1, 0.15) is 0 Å². The summed E-state index contributed by atoms with van der Waals surface area (Å²) in [7, 11) is 1.29. The van der Waals surface area contributed by atoms with Gasteiger partial charge in [0.05, 0.1) is 12.8 Å². The van der Waals surface area contributed by atoms with Gasteiger partial charge in [-0.15, -0.1) is 0 Å². The minimum Gasteiger partial charge on any atom is -0.453 e. The van der Waals surface area contributed by atoms with Crippen LogP contribution in [0.3, 0.4) is 0 Å². The lowest BCUT2D eigenvalue weighted by Crippen LogP contribution is -2.27. The zero-order valence-corrected chi connectivity index (χ0v) is 19.2. The van der Waals surface area contributed by atoms with E-state index < -0.39 is 6.09 Å². The number of hydrogen-bond acceptors (Lipinski definition) is 6. The van der Waals surface area contributed by atoms with Gasteiger partial charge in [-0.25, -0.2) is 9.79 Å². The molecule has 3 aromatic carbocycles. The first-order chi connectivity index (χ1) is 15.4. The van der Waals surface area contributed by atoms with E-state index in [9.17, 15) is 9.59 Å². The number of thioether (sulfide) groups is 1. The van der Waals surface area contributed by atoms with Crippen molar-refractivity contribution in [3.8, 4) is 0 Å². The fourth-order valence-corrected chi connectivity index (χ4v) is 3.59. The second-order valence-electron chi connectivity index (χ2n) is 6.84. The van der Waals surface area contributed by atoms with Crippen LogP contribution in [-0.2, 0) is 11.2 Å². The van der Waals surface area contributed by atoms with Gasteiger partial charge in [-0.2, -0.15) is 0 Å². The summed E-state index contributed by atoms with van der Waals surface area (Å²) < 4.78 is 4.63. The Morgan fingerprint density at radius 3 is 2.50 bits per heavy atom. The van der Waals surface area contributed by atoms with Crippen molar-refractivity contribution < 1.29 is 14.3 Å². The van der Waals surface area contributed by atoms with Gasteiger partial charge in [-0.3, -0.25) is 10.1 Å². The maximum Gasteiger partial charge on any atom is 0.412 e. The van der Waals surface area contributed by atoms with Gasteiger partial charge < -0.3 is 10.5 Å². The highest BCUT2D eigenvalue weighted by Crippen LogP contribution is 2.25. The maximum absolute atomic E-state index is 13.2. The number of ketones is 1. The molecule has 0 radical (unpaired) electrons. The summed E-state index contributed by atoms with van der Waals surface area (Å²) in [5.41, 5.74) is 10.0. The fourth-order valence-electron chi connectivity index (χ4n) is 3.08. The van der Waals surface area contributed by atoms with Gasteiger partial charge in [-0.1, -0.05) is 35.5 Å². The molecule has 0 atom stereocenters. The summed E-state index contributed by atoms with van der Waals surface area (Å²) in [6.07, 6.45) is 1.68. The Hall–Kier alpha value is -3.29. The third-order valence-electron chi connectivity index (χ3n) is 4.60. The van der Waals surface area contributed by atoms with Crippen LogP contribution in [0, 0.1) is 0 Å². The van der Waals surface area contributed by atoms with E-state index in [1.54, 1.807) is 42.7 Å². The summed E-state index contributed by atoms with van der Waals surface area (Å²) in [5, 5.41) is 3.51. The molecule has 1 amide bonds. The van der Waals surface area contributed by atoms with Crippen LogP contribution in [0.4, 0.5) is 16.2 Å². The van der Waals surface area contributed by atoms with Crippen molar-refractivity contribution in [1.29, 1.82) is 0 Å². The van der Waals surface area contributed by atoms with Gasteiger partial charge in [0.15, 0.2) is 11.0 Å². The topological polar surface area (TPSA) is 93.8 Å². The van der Waals surface area contributed by atoms with Gasteiger partial charge in [0.2, 0.25) is 0 Å². The van der Waals surface area contributed by atoms with Gasteiger partial charge in [-0.05, 0) is 78.4 Å². The number of nitrogen functional groups attached to an aromatic ring is 1. The lowest BCUT2D eigenvalue weighted by atomic mass is 9.93. The average Bonchev–Trinajstić information content (AvgIpc) is 2.79. The second-order valence-corrected chi connectivity index (χ2v) is 8.07. The summed E-state index contributed by atoms with van der Waals surface area (Å²) >= 11 is 7.24. The van der Waals surface area contributed by atoms with Crippen molar-refractivity contribution in [1.82, 2.24) is 5.32 Å². The van der Waals surface area contributed by atoms with Crippen molar-refractivity contribution in [2.24, 2.45) is 4.99 Å². The van der Waals surface area contributed by atoms with E-state index in [4.69, 9.17) is 17.3 Å². The largest absolute Gasteiger partial charge is 0.453 e. The van der Waals surface area contributed by atoms with E-state index in [1.807, 2.05) is 30.3 Å². The van der Waals surface area contributed by atoms with Crippen molar-refractivity contribution in [2.45, 2.75) is 6.42 Å². The first-order valence-corrected chi connectivity index (χ1v) is 11.2. The van der Waals surface area contributed by atoms with Crippen LogP contribution >= 0.6 is 23.4 Å². The molecule has 0 spiro atoms. The van der Waals surface area contributed by atoms with Crippen molar-refractivity contribution in [2.75, 3.05) is 19.1 Å². The molecule has 3 aromatic rings. The number of rotatable bonds is 5. The van der Waals surface area contributed by atoms with Crippen molar-refractivity contribution >= 4 is 51.8 Å². The Labute approximate surface area is 195 Å². The monoisotopic (exact) mass is 467 g/mol. The van der Waals surface area contributed by atoms with E-state index in [2.05, 4.69) is 15.0 Å². The number of nitrogens with two attached hydrogens (primary N) is 1. The highest BCUT2D eigenvalue weighted by atomic mass is 35.5. The Balaban J connectivity index is 2.03. The Kier molecular flexibility index (Phi) is 7.92. The number of anilines is 1. The van der Waals surface area contributed by atoms with Crippen LogP contribution in [0.2, 0.25) is 5.02 Å². The zero-order chi connectivity index (χ0) is 23.1. The standard InChI is InChI=1S/C24H22ClN3O3S/c1-31-24(30)28-23(32-2)27-20-10-11-21(22(29)16-6-8-18(25)9-7-16)17(14-20)12-15-4-3-5-19(26)13-15/h3-11,13-14H,12,26H2,1-2H3,(H,27,28,30). The van der Waals surface area contributed by atoms with Gasteiger partial charge in [0.25, 0.3) is 0 Å². The molecular formula is C24H22ClN3O3S. The number of hydrogen-bond donors (Lipinski definition) is 2. The fraction of sp³-hybridized carbons (Fsp3) is 0.125. The Morgan fingerprint density at radius 1 is 1.09 bits per heavy atom. The minimum absolute atomic E-state index is 0.117. The molecule has 0 bridgehead atoms. The Morgan fingerprint density at radius 2 is 1.84 bits per heavy atom. The molecule has 0 saturated heterocycles. The summed E-state index contributed by atoms with van der Waals surface area (Å²) in [6, 6.07) is 19.6. The molecule has 0 fully saturated rings. The minimum atomic E-state index is -0.604. The van der Waals surface area contributed by atoms with Crippen molar-refractivity contribution in [3.63, 3.8) is 0 Å². The predicted molar refractivity (Wildman–Crippen MR) is 131 cm³/mol. The number of methoxy groups -OCH3 is 1. The smallest absolute Gasteiger partial charge is 0.412 e. The zero-order valence-electron chi connectivity index (χ0n) is 17.6. The van der Waals surface area contributed by atoms with E-state index in [1.165, 1.54) is 18.9 Å². The number of carbonyl (C=O) groups excluding carboxylic acids is 2. The number of benzene rings is 3. The number of carbonyl (C=O) groups is 2.